The molecule has 0 radical (unpaired) electrons. The lowest BCUT2D eigenvalue weighted by Crippen LogP contribution is -2.06. The normalized spacial score (nSPS) is 12.5. The molecule has 0 amide bonds. The fourth-order valence-electron chi connectivity index (χ4n) is 1.69. The molecule has 0 saturated carbocycles. The molecule has 0 saturated heterocycles. The van der Waals surface area contributed by atoms with E-state index >= 15 is 0 Å². The molecule has 0 aliphatic rings. The molecule has 1 rings (SSSR count). The van der Waals surface area contributed by atoms with Crippen molar-refractivity contribution in [3.8, 4) is 5.75 Å². The van der Waals surface area contributed by atoms with Crippen molar-refractivity contribution in [2.45, 2.75) is 39.2 Å². The molecule has 1 aromatic rings. The van der Waals surface area contributed by atoms with E-state index in [4.69, 9.17) is 15.6 Å². The number of unbranched alkanes of at least 4 members (excludes halogenated alkanes) is 2. The quantitative estimate of drug-likeness (QED) is 0.717. The first-order chi connectivity index (χ1) is 8.15. The number of aliphatic hydroxyl groups excluding tert-OH is 1. The number of rotatable bonds is 7. The van der Waals surface area contributed by atoms with Crippen LogP contribution in [0.15, 0.2) is 18.2 Å². The lowest BCUT2D eigenvalue weighted by Gasteiger charge is -2.12. The van der Waals surface area contributed by atoms with Gasteiger partial charge in [0, 0.05) is 12.6 Å². The summed E-state index contributed by atoms with van der Waals surface area (Å²) in [5.41, 5.74) is 8.08. The van der Waals surface area contributed by atoms with Crippen molar-refractivity contribution >= 4 is 0 Å². The van der Waals surface area contributed by atoms with E-state index < -0.39 is 0 Å². The Morgan fingerprint density at radius 1 is 1.29 bits per heavy atom. The summed E-state index contributed by atoms with van der Waals surface area (Å²) in [6.07, 6.45) is 2.84. The summed E-state index contributed by atoms with van der Waals surface area (Å²) in [7, 11) is 0. The smallest absolute Gasteiger partial charge is 0.122 e. The van der Waals surface area contributed by atoms with Gasteiger partial charge in [-0.3, -0.25) is 0 Å². The van der Waals surface area contributed by atoms with Gasteiger partial charge in [-0.15, -0.1) is 0 Å². The zero-order valence-corrected chi connectivity index (χ0v) is 10.8. The zero-order chi connectivity index (χ0) is 12.7. The fraction of sp³-hybridized carbons (Fsp3) is 0.571. The summed E-state index contributed by atoms with van der Waals surface area (Å²) in [6, 6.07) is 6.14. The molecule has 0 aromatic heterocycles. The number of hydrogen-bond donors (Lipinski definition) is 2. The molecule has 0 heterocycles. The maximum Gasteiger partial charge on any atom is 0.122 e. The van der Waals surface area contributed by atoms with Crippen molar-refractivity contribution in [2.75, 3.05) is 13.2 Å². The Bertz CT molecular complexity index is 337. The van der Waals surface area contributed by atoms with Crippen LogP contribution in [0, 0.1) is 6.92 Å². The monoisotopic (exact) mass is 237 g/mol. The van der Waals surface area contributed by atoms with Gasteiger partial charge in [0.05, 0.1) is 6.61 Å². The van der Waals surface area contributed by atoms with Gasteiger partial charge in [0.15, 0.2) is 0 Å². The topological polar surface area (TPSA) is 55.5 Å². The predicted octanol–water partition coefficient (Wildman–Crippen LogP) is 2.56. The maximum absolute atomic E-state index is 8.66. The van der Waals surface area contributed by atoms with Gasteiger partial charge in [-0.2, -0.15) is 0 Å². The molecule has 1 aromatic carbocycles. The number of aryl methyl sites for hydroxylation is 1. The van der Waals surface area contributed by atoms with E-state index in [0.29, 0.717) is 6.61 Å². The second-order valence-electron chi connectivity index (χ2n) is 4.45. The minimum absolute atomic E-state index is 0.0623. The maximum atomic E-state index is 8.66. The first kappa shape index (κ1) is 14.0. The average Bonchev–Trinajstić information content (AvgIpc) is 2.30. The van der Waals surface area contributed by atoms with Crippen molar-refractivity contribution in [1.82, 2.24) is 0 Å². The predicted molar refractivity (Wildman–Crippen MR) is 70.2 cm³/mol. The minimum atomic E-state index is 0.0623. The molecule has 0 aliphatic carbocycles. The van der Waals surface area contributed by atoms with Crippen LogP contribution in [0.25, 0.3) is 0 Å². The van der Waals surface area contributed by atoms with E-state index in [-0.39, 0.29) is 12.6 Å². The van der Waals surface area contributed by atoms with E-state index in [0.717, 1.165) is 36.1 Å². The van der Waals surface area contributed by atoms with Gasteiger partial charge in [0.2, 0.25) is 0 Å². The van der Waals surface area contributed by atoms with Crippen LogP contribution in [0.4, 0.5) is 0 Å². The standard InChI is InChI=1S/C14H23NO2/c1-11-10-13(12(2)15)6-7-14(11)17-9-5-3-4-8-16/h6-7,10,12,16H,3-5,8-9,15H2,1-2H3/t12-/m1/s1. The Balaban J connectivity index is 2.43. The number of benzene rings is 1. The third-order valence-electron chi connectivity index (χ3n) is 2.78. The van der Waals surface area contributed by atoms with Crippen LogP contribution in [-0.4, -0.2) is 18.3 Å². The van der Waals surface area contributed by atoms with Gasteiger partial charge in [-0.1, -0.05) is 12.1 Å². The van der Waals surface area contributed by atoms with Crippen LogP contribution in [0.1, 0.15) is 43.4 Å². The zero-order valence-electron chi connectivity index (χ0n) is 10.8. The summed E-state index contributed by atoms with van der Waals surface area (Å²) in [5.74, 6) is 0.929. The highest BCUT2D eigenvalue weighted by atomic mass is 16.5. The molecule has 3 heteroatoms. The Morgan fingerprint density at radius 3 is 2.65 bits per heavy atom. The van der Waals surface area contributed by atoms with E-state index in [9.17, 15) is 0 Å². The van der Waals surface area contributed by atoms with Crippen LogP contribution in [0.3, 0.4) is 0 Å². The summed E-state index contributed by atoms with van der Waals surface area (Å²) >= 11 is 0. The lowest BCUT2D eigenvalue weighted by atomic mass is 10.1. The molecule has 3 nitrogen and oxygen atoms in total. The van der Waals surface area contributed by atoms with Crippen LogP contribution < -0.4 is 10.5 Å². The average molecular weight is 237 g/mol. The molecule has 0 fully saturated rings. The van der Waals surface area contributed by atoms with Gasteiger partial charge in [0.1, 0.15) is 5.75 Å². The van der Waals surface area contributed by atoms with Gasteiger partial charge in [-0.25, -0.2) is 0 Å². The van der Waals surface area contributed by atoms with E-state index in [1.54, 1.807) is 0 Å². The molecule has 96 valence electrons. The van der Waals surface area contributed by atoms with Crippen molar-refractivity contribution in [3.63, 3.8) is 0 Å². The largest absolute Gasteiger partial charge is 0.493 e. The van der Waals surface area contributed by atoms with Crippen molar-refractivity contribution in [1.29, 1.82) is 0 Å². The number of ether oxygens (including phenoxy) is 1. The summed E-state index contributed by atoms with van der Waals surface area (Å²) < 4.78 is 5.70. The molecule has 0 spiro atoms. The highest BCUT2D eigenvalue weighted by Gasteiger charge is 2.04. The second-order valence-corrected chi connectivity index (χ2v) is 4.45. The second kappa shape index (κ2) is 7.30. The number of hydrogen-bond acceptors (Lipinski definition) is 3. The Hall–Kier alpha value is -1.06. The van der Waals surface area contributed by atoms with Crippen LogP contribution in [-0.2, 0) is 0 Å². The third kappa shape index (κ3) is 4.75. The SMILES string of the molecule is Cc1cc([C@@H](C)N)ccc1OCCCCCO. The minimum Gasteiger partial charge on any atom is -0.493 e. The number of aliphatic hydroxyl groups is 1. The van der Waals surface area contributed by atoms with Crippen molar-refractivity contribution < 1.29 is 9.84 Å². The molecule has 0 unspecified atom stereocenters. The molecule has 0 bridgehead atoms. The number of nitrogens with two attached hydrogens (primary N) is 1. The molecular formula is C14H23NO2. The summed E-state index contributed by atoms with van der Waals surface area (Å²) in [6.45, 7) is 4.99. The summed E-state index contributed by atoms with van der Waals surface area (Å²) in [4.78, 5) is 0. The van der Waals surface area contributed by atoms with Crippen LogP contribution in [0.2, 0.25) is 0 Å². The Morgan fingerprint density at radius 2 is 2.06 bits per heavy atom. The van der Waals surface area contributed by atoms with E-state index in [2.05, 4.69) is 6.07 Å². The molecular weight excluding hydrogens is 214 g/mol. The fourth-order valence-corrected chi connectivity index (χ4v) is 1.69. The van der Waals surface area contributed by atoms with Gasteiger partial charge in [0.25, 0.3) is 0 Å². The van der Waals surface area contributed by atoms with Crippen LogP contribution in [0.5, 0.6) is 5.75 Å². The molecule has 3 N–H and O–H groups in total. The van der Waals surface area contributed by atoms with Crippen LogP contribution >= 0.6 is 0 Å². The van der Waals surface area contributed by atoms with Gasteiger partial charge >= 0.3 is 0 Å². The highest BCUT2D eigenvalue weighted by molar-refractivity contribution is 5.37. The van der Waals surface area contributed by atoms with E-state index in [1.165, 1.54) is 0 Å². The lowest BCUT2D eigenvalue weighted by molar-refractivity contribution is 0.265. The Labute approximate surface area is 104 Å². The van der Waals surface area contributed by atoms with Gasteiger partial charge < -0.3 is 15.6 Å². The summed E-state index contributed by atoms with van der Waals surface area (Å²) in [5, 5.41) is 8.66. The highest BCUT2D eigenvalue weighted by Crippen LogP contribution is 2.22. The molecule has 1 atom stereocenters. The Kier molecular flexibility index (Phi) is 6.01. The molecule has 0 aliphatic heterocycles. The van der Waals surface area contributed by atoms with Gasteiger partial charge in [-0.05, 0) is 50.3 Å². The first-order valence-electron chi connectivity index (χ1n) is 6.25. The molecule has 17 heavy (non-hydrogen) atoms. The van der Waals surface area contributed by atoms with E-state index in [1.807, 2.05) is 26.0 Å². The van der Waals surface area contributed by atoms with Crippen molar-refractivity contribution in [3.05, 3.63) is 29.3 Å². The first-order valence-corrected chi connectivity index (χ1v) is 6.25. The third-order valence-corrected chi connectivity index (χ3v) is 2.78. The van der Waals surface area contributed by atoms with Crippen molar-refractivity contribution in [2.24, 2.45) is 5.73 Å².